The second kappa shape index (κ2) is 8.08. The number of rotatable bonds is 5. The Hall–Kier alpha value is -4.13. The fourth-order valence-electron chi connectivity index (χ4n) is 2.98. The Kier molecular flexibility index (Phi) is 5.17. The van der Waals surface area contributed by atoms with Gasteiger partial charge in [0.2, 0.25) is 5.78 Å². The standard InChI is InChI=1S/C23H17NO6/c1-27-18-6-3-14(11-20(18)28-2)12-21-22(25)17-5-4-16(13-19(17)30-21)29-23(26)15-7-9-24-10-8-15/h3-13H,1-2H3/b21-12-. The van der Waals surface area contributed by atoms with Gasteiger partial charge in [-0.05, 0) is 48.0 Å². The highest BCUT2D eigenvalue weighted by Gasteiger charge is 2.28. The van der Waals surface area contributed by atoms with E-state index in [4.69, 9.17) is 18.9 Å². The lowest BCUT2D eigenvalue weighted by Crippen LogP contribution is -2.08. The summed E-state index contributed by atoms with van der Waals surface area (Å²) in [5.41, 5.74) is 1.48. The lowest BCUT2D eigenvalue weighted by molar-refractivity contribution is 0.0734. The molecule has 2 aromatic carbocycles. The van der Waals surface area contributed by atoms with E-state index in [1.54, 1.807) is 55.7 Å². The zero-order chi connectivity index (χ0) is 21.1. The molecular formula is C23H17NO6. The molecule has 0 aliphatic carbocycles. The normalized spacial score (nSPS) is 13.5. The van der Waals surface area contributed by atoms with E-state index in [0.717, 1.165) is 0 Å². The second-order valence-electron chi connectivity index (χ2n) is 6.34. The van der Waals surface area contributed by atoms with Crippen molar-refractivity contribution in [3.8, 4) is 23.0 Å². The van der Waals surface area contributed by atoms with E-state index in [2.05, 4.69) is 4.98 Å². The molecule has 0 N–H and O–H groups in total. The smallest absolute Gasteiger partial charge is 0.343 e. The first-order valence-corrected chi connectivity index (χ1v) is 9.01. The molecule has 2 heterocycles. The van der Waals surface area contributed by atoms with Gasteiger partial charge in [-0.3, -0.25) is 9.78 Å². The van der Waals surface area contributed by atoms with E-state index in [0.29, 0.717) is 33.9 Å². The fourth-order valence-corrected chi connectivity index (χ4v) is 2.98. The molecule has 0 saturated carbocycles. The van der Waals surface area contributed by atoms with Crippen LogP contribution in [0, 0.1) is 0 Å². The molecule has 150 valence electrons. The number of hydrogen-bond acceptors (Lipinski definition) is 7. The van der Waals surface area contributed by atoms with E-state index in [9.17, 15) is 9.59 Å². The summed E-state index contributed by atoms with van der Waals surface area (Å²) in [6.45, 7) is 0. The van der Waals surface area contributed by atoms with Crippen LogP contribution in [0.15, 0.2) is 66.7 Å². The third-order valence-corrected chi connectivity index (χ3v) is 4.47. The molecule has 0 saturated heterocycles. The van der Waals surface area contributed by atoms with Crippen molar-refractivity contribution in [2.75, 3.05) is 14.2 Å². The number of ether oxygens (including phenoxy) is 4. The number of fused-ring (bicyclic) bond motifs is 1. The molecule has 4 rings (SSSR count). The summed E-state index contributed by atoms with van der Waals surface area (Å²) >= 11 is 0. The highest BCUT2D eigenvalue weighted by atomic mass is 16.5. The molecule has 1 aliphatic rings. The van der Waals surface area contributed by atoms with Gasteiger partial charge >= 0.3 is 5.97 Å². The van der Waals surface area contributed by atoms with Crippen LogP contribution >= 0.6 is 0 Å². The average Bonchev–Trinajstić information content (AvgIpc) is 3.08. The summed E-state index contributed by atoms with van der Waals surface area (Å²) < 4.78 is 21.6. The third kappa shape index (κ3) is 3.73. The van der Waals surface area contributed by atoms with Crippen molar-refractivity contribution >= 4 is 17.8 Å². The number of ketones is 1. The minimum Gasteiger partial charge on any atom is -0.493 e. The Labute approximate surface area is 172 Å². The number of hydrogen-bond donors (Lipinski definition) is 0. The van der Waals surface area contributed by atoms with Crippen LogP contribution in [0.1, 0.15) is 26.3 Å². The summed E-state index contributed by atoms with van der Waals surface area (Å²) in [6, 6.07) is 13.0. The van der Waals surface area contributed by atoms with Gasteiger partial charge < -0.3 is 18.9 Å². The molecule has 7 nitrogen and oxygen atoms in total. The molecule has 0 amide bonds. The SMILES string of the molecule is COc1ccc(/C=C2\Oc3cc(OC(=O)c4ccncc4)ccc3C2=O)cc1OC. The molecular weight excluding hydrogens is 386 g/mol. The quantitative estimate of drug-likeness (QED) is 0.362. The van der Waals surface area contributed by atoms with Crippen LogP contribution < -0.4 is 18.9 Å². The van der Waals surface area contributed by atoms with Crippen LogP contribution in [0.25, 0.3) is 6.08 Å². The van der Waals surface area contributed by atoms with E-state index < -0.39 is 5.97 Å². The molecule has 1 aliphatic heterocycles. The van der Waals surface area contributed by atoms with Crippen LogP contribution in [-0.2, 0) is 0 Å². The highest BCUT2D eigenvalue weighted by Crippen LogP contribution is 2.36. The molecule has 0 spiro atoms. The molecule has 0 fully saturated rings. The summed E-state index contributed by atoms with van der Waals surface area (Å²) in [5.74, 6) is 1.11. The number of methoxy groups -OCH3 is 2. The van der Waals surface area contributed by atoms with Gasteiger partial charge in [-0.2, -0.15) is 0 Å². The molecule has 0 bridgehead atoms. The maximum atomic E-state index is 12.7. The molecule has 1 aromatic heterocycles. The Morgan fingerprint density at radius 1 is 0.967 bits per heavy atom. The second-order valence-corrected chi connectivity index (χ2v) is 6.34. The number of pyridine rings is 1. The van der Waals surface area contributed by atoms with Crippen molar-refractivity contribution < 1.29 is 28.5 Å². The van der Waals surface area contributed by atoms with E-state index in [1.807, 2.05) is 0 Å². The van der Waals surface area contributed by atoms with Crippen molar-refractivity contribution in [1.29, 1.82) is 0 Å². The minimum atomic E-state index is -0.525. The highest BCUT2D eigenvalue weighted by molar-refractivity contribution is 6.14. The van der Waals surface area contributed by atoms with Gasteiger partial charge in [0.15, 0.2) is 17.3 Å². The van der Waals surface area contributed by atoms with Crippen LogP contribution in [-0.4, -0.2) is 31.0 Å². The molecule has 30 heavy (non-hydrogen) atoms. The Morgan fingerprint density at radius 3 is 2.47 bits per heavy atom. The predicted octanol–water partition coefficient (Wildman–Crippen LogP) is 3.93. The summed E-state index contributed by atoms with van der Waals surface area (Å²) in [7, 11) is 3.09. The van der Waals surface area contributed by atoms with Gasteiger partial charge in [0.1, 0.15) is 11.5 Å². The topological polar surface area (TPSA) is 84.0 Å². The van der Waals surface area contributed by atoms with Gasteiger partial charge in [-0.1, -0.05) is 6.07 Å². The Morgan fingerprint density at radius 2 is 1.73 bits per heavy atom. The summed E-state index contributed by atoms with van der Waals surface area (Å²) in [4.78, 5) is 28.7. The molecule has 0 radical (unpaired) electrons. The van der Waals surface area contributed by atoms with Gasteiger partial charge in [-0.15, -0.1) is 0 Å². The number of Topliss-reactive ketones (excluding diaryl/α,β-unsaturated/α-hetero) is 1. The van der Waals surface area contributed by atoms with Crippen LogP contribution in [0.4, 0.5) is 0 Å². The lowest BCUT2D eigenvalue weighted by atomic mass is 10.1. The van der Waals surface area contributed by atoms with Crippen molar-refractivity contribution in [2.24, 2.45) is 0 Å². The van der Waals surface area contributed by atoms with Crippen LogP contribution in [0.3, 0.4) is 0 Å². The first-order chi connectivity index (χ1) is 14.6. The van der Waals surface area contributed by atoms with Gasteiger partial charge in [0, 0.05) is 18.5 Å². The Bertz CT molecular complexity index is 1150. The number of allylic oxidation sites excluding steroid dienone is 1. The molecule has 0 unspecified atom stereocenters. The number of esters is 1. The van der Waals surface area contributed by atoms with E-state index >= 15 is 0 Å². The molecule has 0 atom stereocenters. The number of carbonyl (C=O) groups is 2. The number of benzene rings is 2. The summed E-state index contributed by atoms with van der Waals surface area (Å²) in [5, 5.41) is 0. The van der Waals surface area contributed by atoms with E-state index in [-0.39, 0.29) is 17.3 Å². The van der Waals surface area contributed by atoms with Gasteiger partial charge in [0.05, 0.1) is 25.3 Å². The van der Waals surface area contributed by atoms with Crippen LogP contribution in [0.5, 0.6) is 23.0 Å². The van der Waals surface area contributed by atoms with Crippen molar-refractivity contribution in [2.45, 2.75) is 0 Å². The Balaban J connectivity index is 1.56. The largest absolute Gasteiger partial charge is 0.493 e. The maximum absolute atomic E-state index is 12.7. The van der Waals surface area contributed by atoms with Crippen molar-refractivity contribution in [1.82, 2.24) is 4.98 Å². The van der Waals surface area contributed by atoms with Gasteiger partial charge in [0.25, 0.3) is 0 Å². The summed E-state index contributed by atoms with van der Waals surface area (Å²) in [6.07, 6.45) is 4.63. The molecule has 7 heteroatoms. The number of nitrogens with zero attached hydrogens (tertiary/aromatic N) is 1. The maximum Gasteiger partial charge on any atom is 0.343 e. The van der Waals surface area contributed by atoms with Crippen molar-refractivity contribution in [3.63, 3.8) is 0 Å². The third-order valence-electron chi connectivity index (χ3n) is 4.47. The lowest BCUT2D eigenvalue weighted by Gasteiger charge is -2.08. The minimum absolute atomic E-state index is 0.162. The first kappa shape index (κ1) is 19.2. The van der Waals surface area contributed by atoms with Crippen LogP contribution in [0.2, 0.25) is 0 Å². The fraction of sp³-hybridized carbons (Fsp3) is 0.0870. The number of carbonyl (C=O) groups excluding carboxylic acids is 2. The zero-order valence-corrected chi connectivity index (χ0v) is 16.2. The van der Waals surface area contributed by atoms with Gasteiger partial charge in [-0.25, -0.2) is 4.79 Å². The van der Waals surface area contributed by atoms with Crippen molar-refractivity contribution in [3.05, 3.63) is 83.4 Å². The first-order valence-electron chi connectivity index (χ1n) is 9.01. The predicted molar refractivity (Wildman–Crippen MR) is 108 cm³/mol. The molecule has 3 aromatic rings. The van der Waals surface area contributed by atoms with E-state index in [1.165, 1.54) is 25.6 Å². The monoisotopic (exact) mass is 403 g/mol. The zero-order valence-electron chi connectivity index (χ0n) is 16.2. The number of aromatic nitrogens is 1. The average molecular weight is 403 g/mol.